The molecular formula is C11H15NO2. The maximum Gasteiger partial charge on any atom is 0.224 e. The van der Waals surface area contributed by atoms with E-state index in [9.17, 15) is 4.79 Å². The van der Waals surface area contributed by atoms with Gasteiger partial charge in [-0.15, -0.1) is 0 Å². The summed E-state index contributed by atoms with van der Waals surface area (Å²) in [7, 11) is 1.64. The molecule has 14 heavy (non-hydrogen) atoms. The summed E-state index contributed by atoms with van der Waals surface area (Å²) in [4.78, 5) is 11.0. The Bertz CT molecular complexity index is 293. The number of hydrogen-bond acceptors (Lipinski definition) is 2. The van der Waals surface area contributed by atoms with Crippen molar-refractivity contribution >= 4 is 5.91 Å². The quantitative estimate of drug-likeness (QED) is 0.784. The number of ether oxygens (including phenoxy) is 1. The highest BCUT2D eigenvalue weighted by Gasteiger charge is 2.00. The van der Waals surface area contributed by atoms with E-state index < -0.39 is 0 Å². The number of amides is 1. The highest BCUT2D eigenvalue weighted by atomic mass is 16.5. The van der Waals surface area contributed by atoms with Crippen LogP contribution in [0.2, 0.25) is 0 Å². The number of carbonyl (C=O) groups is 1. The van der Waals surface area contributed by atoms with Crippen molar-refractivity contribution in [1.29, 1.82) is 0 Å². The van der Waals surface area contributed by atoms with Crippen LogP contribution in [0, 0.1) is 0 Å². The van der Waals surface area contributed by atoms with E-state index in [-0.39, 0.29) is 5.91 Å². The molecule has 3 nitrogen and oxygen atoms in total. The summed E-state index contributed by atoms with van der Waals surface area (Å²) in [6.45, 7) is 2.60. The van der Waals surface area contributed by atoms with Gasteiger partial charge in [-0.25, -0.2) is 0 Å². The molecule has 0 aromatic heterocycles. The van der Waals surface area contributed by atoms with Gasteiger partial charge in [0.15, 0.2) is 0 Å². The molecular weight excluding hydrogens is 178 g/mol. The minimum absolute atomic E-state index is 0.0224. The Morgan fingerprint density at radius 2 is 2.00 bits per heavy atom. The average molecular weight is 193 g/mol. The van der Waals surface area contributed by atoms with E-state index in [0.29, 0.717) is 13.0 Å². The first-order chi connectivity index (χ1) is 6.76. The van der Waals surface area contributed by atoms with E-state index in [1.807, 2.05) is 31.2 Å². The average Bonchev–Trinajstić information content (AvgIpc) is 2.21. The maximum absolute atomic E-state index is 11.0. The van der Waals surface area contributed by atoms with Gasteiger partial charge in [-0.05, 0) is 24.6 Å². The third-order valence-electron chi connectivity index (χ3n) is 1.88. The summed E-state index contributed by atoms with van der Waals surface area (Å²) < 4.78 is 5.29. The normalized spacial score (nSPS) is 9.57. The molecule has 76 valence electrons. The molecule has 0 aliphatic carbocycles. The molecule has 0 saturated carbocycles. The zero-order valence-corrected chi connectivity index (χ0v) is 8.54. The second-order valence-corrected chi connectivity index (χ2v) is 2.93. The summed E-state index contributed by atoms with van der Waals surface area (Å²) in [5.74, 6) is 0.863. The van der Waals surface area contributed by atoms with Crippen LogP contribution in [-0.2, 0) is 11.2 Å². The van der Waals surface area contributed by atoms with Crippen molar-refractivity contribution in [3.05, 3.63) is 29.8 Å². The second-order valence-electron chi connectivity index (χ2n) is 2.93. The molecule has 1 N–H and O–H groups in total. The van der Waals surface area contributed by atoms with Gasteiger partial charge in [0.25, 0.3) is 0 Å². The van der Waals surface area contributed by atoms with Gasteiger partial charge >= 0.3 is 0 Å². The van der Waals surface area contributed by atoms with Gasteiger partial charge in [0.2, 0.25) is 5.91 Å². The zero-order valence-electron chi connectivity index (χ0n) is 8.54. The molecule has 3 heteroatoms. The summed E-state index contributed by atoms with van der Waals surface area (Å²) in [5.41, 5.74) is 0.993. The topological polar surface area (TPSA) is 38.3 Å². The molecule has 0 fully saturated rings. The van der Waals surface area contributed by atoms with Gasteiger partial charge in [0, 0.05) is 7.05 Å². The Balaban J connectivity index is 2.59. The van der Waals surface area contributed by atoms with Crippen LogP contribution in [0.1, 0.15) is 12.5 Å². The predicted octanol–water partition coefficient (Wildman–Crippen LogP) is 1.37. The summed E-state index contributed by atoms with van der Waals surface area (Å²) in [6, 6.07) is 7.56. The molecule has 0 aliphatic rings. The van der Waals surface area contributed by atoms with E-state index in [2.05, 4.69) is 5.32 Å². The van der Waals surface area contributed by atoms with Crippen LogP contribution in [0.5, 0.6) is 5.75 Å². The molecule has 1 aromatic carbocycles. The first-order valence-electron chi connectivity index (χ1n) is 4.68. The minimum Gasteiger partial charge on any atom is -0.494 e. The molecule has 0 unspecified atom stereocenters. The number of likely N-dealkylation sites (N-methyl/N-ethyl adjacent to an activating group) is 1. The Hall–Kier alpha value is -1.51. The van der Waals surface area contributed by atoms with Crippen LogP contribution in [-0.4, -0.2) is 19.6 Å². The van der Waals surface area contributed by atoms with Gasteiger partial charge < -0.3 is 10.1 Å². The fraction of sp³-hybridized carbons (Fsp3) is 0.364. The lowest BCUT2D eigenvalue weighted by Gasteiger charge is -2.04. The highest BCUT2D eigenvalue weighted by molar-refractivity contribution is 5.78. The van der Waals surface area contributed by atoms with E-state index in [1.165, 1.54) is 0 Å². The SMILES string of the molecule is CCOc1ccc(CC(=O)NC)cc1. The third kappa shape index (κ3) is 3.09. The van der Waals surface area contributed by atoms with Crippen molar-refractivity contribution in [3.63, 3.8) is 0 Å². The van der Waals surface area contributed by atoms with Gasteiger partial charge in [0.05, 0.1) is 13.0 Å². The Morgan fingerprint density at radius 3 is 2.50 bits per heavy atom. The zero-order chi connectivity index (χ0) is 10.4. The van der Waals surface area contributed by atoms with Gasteiger partial charge in [-0.3, -0.25) is 4.79 Å². The molecule has 0 radical (unpaired) electrons. The molecule has 0 atom stereocenters. The van der Waals surface area contributed by atoms with Crippen molar-refractivity contribution in [2.24, 2.45) is 0 Å². The van der Waals surface area contributed by atoms with E-state index in [1.54, 1.807) is 7.05 Å². The van der Waals surface area contributed by atoms with Crippen molar-refractivity contribution in [2.75, 3.05) is 13.7 Å². The van der Waals surface area contributed by atoms with Gasteiger partial charge in [-0.1, -0.05) is 12.1 Å². The van der Waals surface area contributed by atoms with Crippen LogP contribution in [0.3, 0.4) is 0 Å². The maximum atomic E-state index is 11.0. The fourth-order valence-corrected chi connectivity index (χ4v) is 1.14. The van der Waals surface area contributed by atoms with Crippen LogP contribution in [0.4, 0.5) is 0 Å². The van der Waals surface area contributed by atoms with E-state index in [4.69, 9.17) is 4.74 Å². The molecule has 0 bridgehead atoms. The van der Waals surface area contributed by atoms with Crippen LogP contribution in [0.25, 0.3) is 0 Å². The summed E-state index contributed by atoms with van der Waals surface area (Å²) >= 11 is 0. The fourth-order valence-electron chi connectivity index (χ4n) is 1.14. The number of carbonyl (C=O) groups excluding carboxylic acids is 1. The number of nitrogens with one attached hydrogen (secondary N) is 1. The van der Waals surface area contributed by atoms with E-state index in [0.717, 1.165) is 11.3 Å². The number of benzene rings is 1. The predicted molar refractivity (Wildman–Crippen MR) is 55.4 cm³/mol. The lowest BCUT2D eigenvalue weighted by Crippen LogP contribution is -2.19. The lowest BCUT2D eigenvalue weighted by molar-refractivity contribution is -0.119. The lowest BCUT2D eigenvalue weighted by atomic mass is 10.1. The first kappa shape index (κ1) is 10.6. The monoisotopic (exact) mass is 193 g/mol. The summed E-state index contributed by atoms with van der Waals surface area (Å²) in [5, 5.41) is 2.58. The molecule has 0 saturated heterocycles. The smallest absolute Gasteiger partial charge is 0.224 e. The third-order valence-corrected chi connectivity index (χ3v) is 1.88. The van der Waals surface area contributed by atoms with Gasteiger partial charge in [0.1, 0.15) is 5.75 Å². The summed E-state index contributed by atoms with van der Waals surface area (Å²) in [6.07, 6.45) is 0.420. The van der Waals surface area contributed by atoms with Crippen molar-refractivity contribution in [2.45, 2.75) is 13.3 Å². The van der Waals surface area contributed by atoms with Crippen molar-refractivity contribution in [3.8, 4) is 5.75 Å². The van der Waals surface area contributed by atoms with Crippen molar-refractivity contribution < 1.29 is 9.53 Å². The number of rotatable bonds is 4. The standard InChI is InChI=1S/C11H15NO2/c1-3-14-10-6-4-9(5-7-10)8-11(13)12-2/h4-7H,3,8H2,1-2H3,(H,12,13). The Morgan fingerprint density at radius 1 is 1.36 bits per heavy atom. The molecule has 0 heterocycles. The molecule has 1 aromatic rings. The largest absolute Gasteiger partial charge is 0.494 e. The Labute approximate surface area is 84.1 Å². The van der Waals surface area contributed by atoms with Crippen LogP contribution >= 0.6 is 0 Å². The van der Waals surface area contributed by atoms with Gasteiger partial charge in [-0.2, -0.15) is 0 Å². The first-order valence-corrected chi connectivity index (χ1v) is 4.68. The molecule has 0 spiro atoms. The second kappa shape index (κ2) is 5.27. The van der Waals surface area contributed by atoms with Crippen molar-refractivity contribution in [1.82, 2.24) is 5.32 Å². The van der Waals surface area contributed by atoms with E-state index >= 15 is 0 Å². The van der Waals surface area contributed by atoms with Crippen LogP contribution in [0.15, 0.2) is 24.3 Å². The molecule has 1 amide bonds. The molecule has 1 rings (SSSR count). The highest BCUT2D eigenvalue weighted by Crippen LogP contribution is 2.12. The minimum atomic E-state index is 0.0224. The molecule has 0 aliphatic heterocycles. The number of hydrogen-bond donors (Lipinski definition) is 1. The Kier molecular flexibility index (Phi) is 3.98. The van der Waals surface area contributed by atoms with Crippen LogP contribution < -0.4 is 10.1 Å².